The highest BCUT2D eigenvalue weighted by Gasteiger charge is 2.15. The minimum Gasteiger partial charge on any atom is -0.377 e. The molecule has 0 fully saturated rings. The maximum Gasteiger partial charge on any atom is 0.160 e. The lowest BCUT2D eigenvalue weighted by molar-refractivity contribution is 0.173. The summed E-state index contributed by atoms with van der Waals surface area (Å²) in [5, 5.41) is 0. The monoisotopic (exact) mass is 234 g/mol. The van der Waals surface area contributed by atoms with Crippen LogP contribution in [0, 0.1) is 6.92 Å². The van der Waals surface area contributed by atoms with Crippen molar-refractivity contribution >= 4 is 11.2 Å². The molecule has 0 aliphatic carbocycles. The molecule has 5 nitrogen and oxygen atoms in total. The lowest BCUT2D eigenvalue weighted by Gasteiger charge is -2.14. The Balaban J connectivity index is 2.62. The topological polar surface area (TPSA) is 66.0 Å². The number of pyridine rings is 1. The molecular formula is C12H18N4O. The maximum absolute atomic E-state index is 5.73. The second kappa shape index (κ2) is 4.81. The summed E-state index contributed by atoms with van der Waals surface area (Å²) < 4.78 is 7.22. The van der Waals surface area contributed by atoms with Gasteiger partial charge in [-0.25, -0.2) is 9.97 Å². The molecule has 2 rings (SSSR count). The van der Waals surface area contributed by atoms with Crippen LogP contribution in [0.1, 0.15) is 24.4 Å². The quantitative estimate of drug-likeness (QED) is 0.868. The van der Waals surface area contributed by atoms with Crippen molar-refractivity contribution in [3.63, 3.8) is 0 Å². The summed E-state index contributed by atoms with van der Waals surface area (Å²) in [7, 11) is 1.66. The van der Waals surface area contributed by atoms with Gasteiger partial charge < -0.3 is 15.0 Å². The van der Waals surface area contributed by atoms with Crippen molar-refractivity contribution in [3.8, 4) is 0 Å². The zero-order chi connectivity index (χ0) is 12.4. The minimum atomic E-state index is 0.167. The van der Waals surface area contributed by atoms with Crippen LogP contribution in [0.2, 0.25) is 0 Å². The fourth-order valence-electron chi connectivity index (χ4n) is 1.93. The van der Waals surface area contributed by atoms with E-state index >= 15 is 0 Å². The fraction of sp³-hybridized carbons (Fsp3) is 0.500. The van der Waals surface area contributed by atoms with E-state index in [-0.39, 0.29) is 6.04 Å². The summed E-state index contributed by atoms with van der Waals surface area (Å²) in [5.74, 6) is 0.874. The van der Waals surface area contributed by atoms with E-state index in [0.29, 0.717) is 13.2 Å². The Labute approximate surface area is 101 Å². The molecule has 0 bridgehead atoms. The number of imidazole rings is 1. The molecule has 0 saturated carbocycles. The van der Waals surface area contributed by atoms with Crippen molar-refractivity contribution in [3.05, 3.63) is 23.7 Å². The molecule has 2 N–H and O–H groups in total. The van der Waals surface area contributed by atoms with Gasteiger partial charge in [0.2, 0.25) is 0 Å². The first-order chi connectivity index (χ1) is 8.17. The molecule has 1 atom stereocenters. The molecule has 0 saturated heterocycles. The second-order valence-corrected chi connectivity index (χ2v) is 4.27. The van der Waals surface area contributed by atoms with E-state index in [2.05, 4.69) is 21.5 Å². The largest absolute Gasteiger partial charge is 0.377 e. The molecule has 0 aliphatic rings. The molecule has 2 aromatic heterocycles. The zero-order valence-electron chi connectivity index (χ0n) is 10.5. The van der Waals surface area contributed by atoms with Gasteiger partial charge >= 0.3 is 0 Å². The summed E-state index contributed by atoms with van der Waals surface area (Å²) in [6.07, 6.45) is 1.85. The lowest BCUT2D eigenvalue weighted by atomic mass is 10.3. The summed E-state index contributed by atoms with van der Waals surface area (Å²) in [6.45, 7) is 5.09. The molecule has 17 heavy (non-hydrogen) atoms. The van der Waals surface area contributed by atoms with Gasteiger partial charge in [0.15, 0.2) is 5.65 Å². The fourth-order valence-corrected chi connectivity index (χ4v) is 1.93. The molecule has 2 aromatic rings. The molecule has 0 aromatic carbocycles. The van der Waals surface area contributed by atoms with Crippen LogP contribution in [0.5, 0.6) is 0 Å². The van der Waals surface area contributed by atoms with E-state index in [0.717, 1.165) is 22.6 Å². The summed E-state index contributed by atoms with van der Waals surface area (Å²) >= 11 is 0. The first-order valence-corrected chi connectivity index (χ1v) is 5.69. The number of nitrogens with zero attached hydrogens (tertiary/aromatic N) is 3. The van der Waals surface area contributed by atoms with Crippen LogP contribution in [0.3, 0.4) is 0 Å². The second-order valence-electron chi connectivity index (χ2n) is 4.27. The highest BCUT2D eigenvalue weighted by atomic mass is 16.5. The predicted molar refractivity (Wildman–Crippen MR) is 66.7 cm³/mol. The van der Waals surface area contributed by atoms with Crippen LogP contribution >= 0.6 is 0 Å². The summed E-state index contributed by atoms with van der Waals surface area (Å²) in [5.41, 5.74) is 8.61. The average Bonchev–Trinajstić information content (AvgIpc) is 2.65. The number of methoxy groups -OCH3 is 1. The molecular weight excluding hydrogens is 216 g/mol. The van der Waals surface area contributed by atoms with Crippen molar-refractivity contribution < 1.29 is 4.74 Å². The van der Waals surface area contributed by atoms with E-state index in [1.807, 2.05) is 19.2 Å². The molecule has 5 heteroatoms. The maximum atomic E-state index is 5.73. The molecule has 0 radical (unpaired) electrons. The van der Waals surface area contributed by atoms with Gasteiger partial charge in [-0.2, -0.15) is 0 Å². The van der Waals surface area contributed by atoms with Crippen molar-refractivity contribution in [1.82, 2.24) is 14.5 Å². The van der Waals surface area contributed by atoms with Crippen molar-refractivity contribution in [2.24, 2.45) is 5.73 Å². The molecule has 0 spiro atoms. The Kier molecular flexibility index (Phi) is 3.40. The van der Waals surface area contributed by atoms with Gasteiger partial charge in [-0.05, 0) is 25.5 Å². The van der Waals surface area contributed by atoms with Gasteiger partial charge in [0, 0.05) is 25.9 Å². The number of rotatable bonds is 4. The van der Waals surface area contributed by atoms with E-state index in [1.54, 1.807) is 7.11 Å². The highest BCUT2D eigenvalue weighted by Crippen LogP contribution is 2.20. The third-order valence-corrected chi connectivity index (χ3v) is 2.80. The van der Waals surface area contributed by atoms with Crippen LogP contribution < -0.4 is 5.73 Å². The van der Waals surface area contributed by atoms with E-state index in [1.165, 1.54) is 0 Å². The Morgan fingerprint density at radius 3 is 2.94 bits per heavy atom. The third kappa shape index (κ3) is 2.16. The number of fused-ring (bicyclic) bond motifs is 1. The Morgan fingerprint density at radius 1 is 1.53 bits per heavy atom. The van der Waals surface area contributed by atoms with Gasteiger partial charge in [-0.1, -0.05) is 0 Å². The molecule has 0 aliphatic heterocycles. The number of aryl methyl sites for hydroxylation is 1. The smallest absolute Gasteiger partial charge is 0.160 e. The standard InChI is InChI=1S/C12H18N4O/c1-8-4-10-12(14-6-8)16(9(2)5-13)11(15-10)7-17-3/h4,6,9H,5,7,13H2,1-3H3. The summed E-state index contributed by atoms with van der Waals surface area (Å²) in [6, 6.07) is 2.20. The molecule has 92 valence electrons. The Hall–Kier alpha value is -1.46. The normalized spacial score (nSPS) is 13.2. The molecule has 2 heterocycles. The highest BCUT2D eigenvalue weighted by molar-refractivity contribution is 5.72. The Bertz CT molecular complexity index is 520. The molecule has 0 amide bonds. The first-order valence-electron chi connectivity index (χ1n) is 5.69. The third-order valence-electron chi connectivity index (χ3n) is 2.80. The van der Waals surface area contributed by atoms with Crippen LogP contribution in [0.25, 0.3) is 11.2 Å². The number of nitrogens with two attached hydrogens (primary N) is 1. The van der Waals surface area contributed by atoms with Gasteiger partial charge in [-0.15, -0.1) is 0 Å². The number of aromatic nitrogens is 3. The van der Waals surface area contributed by atoms with Crippen molar-refractivity contribution in [2.75, 3.05) is 13.7 Å². The van der Waals surface area contributed by atoms with E-state index in [9.17, 15) is 0 Å². The zero-order valence-corrected chi connectivity index (χ0v) is 10.5. The van der Waals surface area contributed by atoms with Crippen molar-refractivity contribution in [2.45, 2.75) is 26.5 Å². The average molecular weight is 234 g/mol. The number of hydrogen-bond donors (Lipinski definition) is 1. The van der Waals surface area contributed by atoms with E-state index < -0.39 is 0 Å². The predicted octanol–water partition coefficient (Wildman–Crippen LogP) is 1.41. The van der Waals surface area contributed by atoms with Crippen LogP contribution in [-0.2, 0) is 11.3 Å². The van der Waals surface area contributed by atoms with Gasteiger partial charge in [0.1, 0.15) is 17.9 Å². The van der Waals surface area contributed by atoms with Gasteiger partial charge in [0.05, 0.1) is 0 Å². The summed E-state index contributed by atoms with van der Waals surface area (Å²) in [4.78, 5) is 8.99. The SMILES string of the molecule is COCc1nc2cc(C)cnc2n1C(C)CN. The minimum absolute atomic E-state index is 0.167. The lowest BCUT2D eigenvalue weighted by Crippen LogP contribution is -2.18. The molecule has 1 unspecified atom stereocenters. The van der Waals surface area contributed by atoms with Gasteiger partial charge in [-0.3, -0.25) is 0 Å². The van der Waals surface area contributed by atoms with Crippen LogP contribution in [-0.4, -0.2) is 28.2 Å². The first kappa shape index (κ1) is 12.0. The van der Waals surface area contributed by atoms with Crippen molar-refractivity contribution in [1.29, 1.82) is 0 Å². The van der Waals surface area contributed by atoms with Gasteiger partial charge in [0.25, 0.3) is 0 Å². The van der Waals surface area contributed by atoms with Crippen LogP contribution in [0.15, 0.2) is 12.3 Å². The van der Waals surface area contributed by atoms with Crippen LogP contribution in [0.4, 0.5) is 0 Å². The number of ether oxygens (including phenoxy) is 1. The number of hydrogen-bond acceptors (Lipinski definition) is 4. The van der Waals surface area contributed by atoms with E-state index in [4.69, 9.17) is 10.5 Å². The Morgan fingerprint density at radius 2 is 2.29 bits per heavy atom.